The maximum absolute atomic E-state index is 13.4. The second-order valence-electron chi connectivity index (χ2n) is 14.7. The quantitative estimate of drug-likeness (QED) is 0.229. The average molecular weight is 669 g/mol. The summed E-state index contributed by atoms with van der Waals surface area (Å²) in [5.74, 6) is 1.56. The van der Waals surface area contributed by atoms with E-state index in [2.05, 4.69) is 65.5 Å². The van der Waals surface area contributed by atoms with Crippen LogP contribution in [0.1, 0.15) is 98.8 Å². The molecule has 3 amide bonds. The maximum Gasteiger partial charge on any atom is 0.320 e. The van der Waals surface area contributed by atoms with Crippen molar-refractivity contribution >= 4 is 23.4 Å². The standard InChI is InChI=1S/C36H48N10O3/c1-35(2,3)28-21-29(40-31(39-28)32(47)37-18-20-44(5)6)41-34(48)38-26-14-15-27(25-12-9-8-11-24(25)26)49-23-13-16-30-42-43-33(46(30)22-23)36(4)17-10-19-45(36)7/h8-9,11-13,16,21-22,26-27H,10,14-15,17-20H2,1-7H3,(H,37,47)(H2,38,39,40,41,48)/t26-,27+,36-/m0/s1. The fourth-order valence-corrected chi connectivity index (χ4v) is 6.66. The summed E-state index contributed by atoms with van der Waals surface area (Å²) in [6.07, 6.45) is 5.33. The van der Waals surface area contributed by atoms with E-state index in [4.69, 9.17) is 4.74 Å². The first-order chi connectivity index (χ1) is 23.3. The summed E-state index contributed by atoms with van der Waals surface area (Å²) in [4.78, 5) is 39.5. The molecule has 1 aliphatic heterocycles. The Morgan fingerprint density at radius 2 is 1.84 bits per heavy atom. The molecule has 2 aliphatic rings. The SMILES string of the molecule is CN(C)CCNC(=O)c1nc(NC(=O)N[C@H]2CC[C@@H](Oc3ccc4nnc([C@]5(C)CCCN5C)n4c3)c3ccccc32)cc(C(C)(C)C)n1. The summed E-state index contributed by atoms with van der Waals surface area (Å²) in [6, 6.07) is 13.0. The Hall–Kier alpha value is -4.62. The molecule has 3 aromatic heterocycles. The van der Waals surface area contributed by atoms with Crippen LogP contribution in [0.2, 0.25) is 0 Å². The lowest BCUT2D eigenvalue weighted by Crippen LogP contribution is -2.37. The number of rotatable bonds is 9. The first kappa shape index (κ1) is 34.3. The van der Waals surface area contributed by atoms with E-state index in [9.17, 15) is 9.59 Å². The normalized spacial score (nSPS) is 21.1. The van der Waals surface area contributed by atoms with Crippen molar-refractivity contribution in [1.29, 1.82) is 0 Å². The van der Waals surface area contributed by atoms with Crippen molar-refractivity contribution in [2.24, 2.45) is 0 Å². The Labute approximate surface area is 287 Å². The van der Waals surface area contributed by atoms with Gasteiger partial charge in [-0.2, -0.15) is 0 Å². The molecule has 260 valence electrons. The van der Waals surface area contributed by atoms with Gasteiger partial charge in [0.05, 0.1) is 23.5 Å². The first-order valence-electron chi connectivity index (χ1n) is 17.0. The molecule has 13 nitrogen and oxygen atoms in total. The molecule has 1 fully saturated rings. The molecule has 3 N–H and O–H groups in total. The van der Waals surface area contributed by atoms with Crippen LogP contribution in [0.15, 0.2) is 48.7 Å². The first-order valence-corrected chi connectivity index (χ1v) is 17.0. The number of urea groups is 1. The number of nitrogens with one attached hydrogen (secondary N) is 3. The van der Waals surface area contributed by atoms with E-state index in [0.29, 0.717) is 31.6 Å². The van der Waals surface area contributed by atoms with Crippen LogP contribution >= 0.6 is 0 Å². The highest BCUT2D eigenvalue weighted by Gasteiger charge is 2.40. The van der Waals surface area contributed by atoms with Crippen LogP contribution in [-0.4, -0.2) is 87.1 Å². The van der Waals surface area contributed by atoms with Crippen molar-refractivity contribution in [2.75, 3.05) is 46.1 Å². The molecule has 0 saturated carbocycles. The van der Waals surface area contributed by atoms with Crippen molar-refractivity contribution in [3.63, 3.8) is 0 Å². The van der Waals surface area contributed by atoms with Crippen LogP contribution in [0.25, 0.3) is 5.65 Å². The highest BCUT2D eigenvalue weighted by atomic mass is 16.5. The Balaban J connectivity index is 1.17. The molecule has 3 atom stereocenters. The van der Waals surface area contributed by atoms with Gasteiger partial charge in [0.2, 0.25) is 5.82 Å². The third-order valence-corrected chi connectivity index (χ3v) is 9.66. The number of carbonyl (C=O) groups is 2. The molecule has 0 spiro atoms. The van der Waals surface area contributed by atoms with Gasteiger partial charge in [-0.05, 0) is 83.6 Å². The topological polar surface area (TPSA) is 142 Å². The summed E-state index contributed by atoms with van der Waals surface area (Å²) in [6.45, 7) is 10.4. The molecule has 13 heteroatoms. The van der Waals surface area contributed by atoms with Gasteiger partial charge in [-0.1, -0.05) is 45.0 Å². The van der Waals surface area contributed by atoms with Gasteiger partial charge in [0, 0.05) is 24.6 Å². The van der Waals surface area contributed by atoms with Crippen LogP contribution in [0.5, 0.6) is 5.75 Å². The van der Waals surface area contributed by atoms with E-state index in [-0.39, 0.29) is 40.6 Å². The minimum atomic E-state index is -0.410. The number of likely N-dealkylation sites (tertiary alicyclic amines) is 1. The fraction of sp³-hybridized carbons (Fsp3) is 0.500. The number of amides is 3. The lowest BCUT2D eigenvalue weighted by molar-refractivity contribution is 0.0940. The third-order valence-electron chi connectivity index (χ3n) is 9.66. The van der Waals surface area contributed by atoms with Crippen molar-refractivity contribution in [3.8, 4) is 5.75 Å². The number of hydrogen-bond acceptors (Lipinski definition) is 9. The van der Waals surface area contributed by atoms with Crippen molar-refractivity contribution in [1.82, 2.24) is 45.0 Å². The second-order valence-corrected chi connectivity index (χ2v) is 14.7. The molecule has 1 saturated heterocycles. The molecule has 0 unspecified atom stereocenters. The van der Waals surface area contributed by atoms with E-state index < -0.39 is 6.03 Å². The van der Waals surface area contributed by atoms with E-state index in [0.717, 1.165) is 47.7 Å². The summed E-state index contributed by atoms with van der Waals surface area (Å²) >= 11 is 0. The van der Waals surface area contributed by atoms with E-state index in [1.54, 1.807) is 6.07 Å². The Kier molecular flexibility index (Phi) is 9.58. The number of likely N-dealkylation sites (N-methyl/N-ethyl adjacent to an activating group) is 1. The van der Waals surface area contributed by atoms with E-state index in [1.807, 2.05) is 76.3 Å². The molecule has 1 aromatic carbocycles. The van der Waals surface area contributed by atoms with Crippen LogP contribution in [0.3, 0.4) is 0 Å². The predicted molar refractivity (Wildman–Crippen MR) is 188 cm³/mol. The Morgan fingerprint density at radius 3 is 2.55 bits per heavy atom. The van der Waals surface area contributed by atoms with E-state index >= 15 is 0 Å². The van der Waals surface area contributed by atoms with Crippen molar-refractivity contribution in [2.45, 2.75) is 76.5 Å². The van der Waals surface area contributed by atoms with Gasteiger partial charge in [0.15, 0.2) is 11.5 Å². The molecule has 0 bridgehead atoms. The zero-order valence-corrected chi connectivity index (χ0v) is 29.6. The number of ether oxygens (including phenoxy) is 1. The van der Waals surface area contributed by atoms with Crippen molar-refractivity contribution < 1.29 is 14.3 Å². The van der Waals surface area contributed by atoms with Gasteiger partial charge in [0.25, 0.3) is 5.91 Å². The van der Waals surface area contributed by atoms with Gasteiger partial charge in [-0.25, -0.2) is 14.8 Å². The highest BCUT2D eigenvalue weighted by molar-refractivity contribution is 5.92. The number of carbonyl (C=O) groups excluding carboxylic acids is 2. The molecule has 0 radical (unpaired) electrons. The highest BCUT2D eigenvalue weighted by Crippen LogP contribution is 2.40. The zero-order valence-electron chi connectivity index (χ0n) is 29.6. The molecule has 6 rings (SSSR count). The molecule has 4 aromatic rings. The number of aromatic nitrogens is 5. The number of fused-ring (bicyclic) bond motifs is 2. The monoisotopic (exact) mass is 668 g/mol. The molecule has 49 heavy (non-hydrogen) atoms. The van der Waals surface area contributed by atoms with Crippen LogP contribution in [-0.2, 0) is 11.0 Å². The summed E-state index contributed by atoms with van der Waals surface area (Å²) in [5, 5.41) is 17.9. The van der Waals surface area contributed by atoms with E-state index in [1.165, 1.54) is 0 Å². The molecule has 1 aliphatic carbocycles. The van der Waals surface area contributed by atoms with Crippen molar-refractivity contribution in [3.05, 3.63) is 77.1 Å². The zero-order chi connectivity index (χ0) is 34.9. The Bertz CT molecular complexity index is 1830. The lowest BCUT2D eigenvalue weighted by Gasteiger charge is -2.32. The van der Waals surface area contributed by atoms with Gasteiger partial charge in [0.1, 0.15) is 17.7 Å². The predicted octanol–water partition coefficient (Wildman–Crippen LogP) is 4.83. The van der Waals surface area contributed by atoms with Crippen LogP contribution < -0.4 is 20.7 Å². The van der Waals surface area contributed by atoms with Gasteiger partial charge in [-0.15, -0.1) is 10.2 Å². The average Bonchev–Trinajstić information content (AvgIpc) is 3.64. The number of hydrogen-bond donors (Lipinski definition) is 3. The summed E-state index contributed by atoms with van der Waals surface area (Å²) < 4.78 is 8.68. The van der Waals surface area contributed by atoms with Gasteiger partial charge in [-0.3, -0.25) is 19.4 Å². The minimum Gasteiger partial charge on any atom is -0.484 e. The molecule has 4 heterocycles. The number of anilines is 1. The Morgan fingerprint density at radius 1 is 1.06 bits per heavy atom. The van der Waals surface area contributed by atoms with Gasteiger partial charge < -0.3 is 20.3 Å². The number of nitrogens with zero attached hydrogens (tertiary/aromatic N) is 7. The summed E-state index contributed by atoms with van der Waals surface area (Å²) in [7, 11) is 6.01. The minimum absolute atomic E-state index is 0.0191. The summed E-state index contributed by atoms with van der Waals surface area (Å²) in [5.41, 5.74) is 2.92. The van der Waals surface area contributed by atoms with Crippen LogP contribution in [0.4, 0.5) is 10.6 Å². The number of benzene rings is 1. The second kappa shape index (κ2) is 13.7. The van der Waals surface area contributed by atoms with Crippen LogP contribution in [0, 0.1) is 0 Å². The van der Waals surface area contributed by atoms with Gasteiger partial charge >= 0.3 is 6.03 Å². The number of pyridine rings is 1. The maximum atomic E-state index is 13.4. The molecular weight excluding hydrogens is 620 g/mol. The third kappa shape index (κ3) is 7.37. The molecular formula is C36H48N10O3. The fourth-order valence-electron chi connectivity index (χ4n) is 6.66. The lowest BCUT2D eigenvalue weighted by atomic mass is 9.85. The largest absolute Gasteiger partial charge is 0.484 e. The smallest absolute Gasteiger partial charge is 0.320 e.